The van der Waals surface area contributed by atoms with Gasteiger partial charge in [-0.1, -0.05) is 6.92 Å². The van der Waals surface area contributed by atoms with Gasteiger partial charge in [-0.15, -0.1) is 0 Å². The SMILES string of the molecule is CCc1cc(C=O)c(C#N)c(S(=O)(=O)Cl)c1. The number of nitriles is 1. The summed E-state index contributed by atoms with van der Waals surface area (Å²) in [4.78, 5) is 10.4. The standard InChI is InChI=1S/C10H8ClNO3S/c1-2-7-3-8(6-13)9(5-12)10(4-7)16(11,14)15/h3-4,6H,2H2,1H3. The number of nitrogens with zero attached hydrogens (tertiary/aromatic N) is 1. The number of hydrogen-bond acceptors (Lipinski definition) is 4. The zero-order valence-electron chi connectivity index (χ0n) is 8.40. The highest BCUT2D eigenvalue weighted by Gasteiger charge is 2.19. The Hall–Kier alpha value is -1.38. The lowest BCUT2D eigenvalue weighted by Gasteiger charge is -2.05. The van der Waals surface area contributed by atoms with Crippen LogP contribution in [0, 0.1) is 11.3 Å². The minimum absolute atomic E-state index is 0.0427. The van der Waals surface area contributed by atoms with E-state index in [1.54, 1.807) is 13.0 Å². The number of aryl methyl sites for hydroxylation is 1. The molecule has 16 heavy (non-hydrogen) atoms. The Kier molecular flexibility index (Phi) is 3.68. The second-order valence-electron chi connectivity index (χ2n) is 3.08. The molecule has 0 spiro atoms. The normalized spacial score (nSPS) is 10.8. The zero-order chi connectivity index (χ0) is 12.3. The molecule has 1 aromatic rings. The minimum atomic E-state index is -4.02. The Morgan fingerprint density at radius 1 is 1.50 bits per heavy atom. The summed E-state index contributed by atoms with van der Waals surface area (Å²) in [5.74, 6) is 0. The Morgan fingerprint density at radius 2 is 2.12 bits per heavy atom. The summed E-state index contributed by atoms with van der Waals surface area (Å²) in [5.41, 5.74) is 0.476. The van der Waals surface area contributed by atoms with Crippen molar-refractivity contribution in [1.82, 2.24) is 0 Å². The van der Waals surface area contributed by atoms with Crippen molar-refractivity contribution in [3.05, 3.63) is 28.8 Å². The van der Waals surface area contributed by atoms with E-state index in [4.69, 9.17) is 15.9 Å². The molecule has 0 aliphatic rings. The van der Waals surface area contributed by atoms with E-state index >= 15 is 0 Å². The van der Waals surface area contributed by atoms with Crippen LogP contribution in [-0.4, -0.2) is 14.7 Å². The monoisotopic (exact) mass is 257 g/mol. The Morgan fingerprint density at radius 3 is 2.50 bits per heavy atom. The van der Waals surface area contributed by atoms with Gasteiger partial charge in [-0.05, 0) is 24.1 Å². The first-order chi connectivity index (χ1) is 7.43. The summed E-state index contributed by atoms with van der Waals surface area (Å²) in [6, 6.07) is 4.47. The molecule has 0 aliphatic heterocycles. The van der Waals surface area contributed by atoms with Gasteiger partial charge in [0.25, 0.3) is 9.05 Å². The van der Waals surface area contributed by atoms with Crippen LogP contribution < -0.4 is 0 Å². The van der Waals surface area contributed by atoms with Crippen LogP contribution in [-0.2, 0) is 15.5 Å². The Labute approximate surface area is 97.9 Å². The fraction of sp³-hybridized carbons (Fsp3) is 0.200. The van der Waals surface area contributed by atoms with E-state index in [0.717, 1.165) is 0 Å². The van der Waals surface area contributed by atoms with E-state index in [2.05, 4.69) is 0 Å². The maximum Gasteiger partial charge on any atom is 0.262 e. The first-order valence-corrected chi connectivity index (χ1v) is 6.71. The molecular weight excluding hydrogens is 250 g/mol. The van der Waals surface area contributed by atoms with Gasteiger partial charge in [0, 0.05) is 16.2 Å². The number of benzene rings is 1. The molecule has 0 bridgehead atoms. The summed E-state index contributed by atoms with van der Waals surface area (Å²) >= 11 is 0. The van der Waals surface area contributed by atoms with Gasteiger partial charge >= 0.3 is 0 Å². The maximum absolute atomic E-state index is 11.2. The molecular formula is C10H8ClNO3S. The third kappa shape index (κ3) is 2.40. The number of carbonyl (C=O) groups is 1. The second-order valence-corrected chi connectivity index (χ2v) is 5.61. The quantitative estimate of drug-likeness (QED) is 0.612. The molecule has 1 rings (SSSR count). The Bertz CT molecular complexity index is 572. The number of carbonyl (C=O) groups excluding carboxylic acids is 1. The van der Waals surface area contributed by atoms with Crippen molar-refractivity contribution in [2.75, 3.05) is 0 Å². The third-order valence-corrected chi connectivity index (χ3v) is 3.45. The highest BCUT2D eigenvalue weighted by atomic mass is 35.7. The molecule has 84 valence electrons. The van der Waals surface area contributed by atoms with E-state index < -0.39 is 9.05 Å². The predicted molar refractivity (Wildman–Crippen MR) is 59.0 cm³/mol. The fourth-order valence-electron chi connectivity index (χ4n) is 1.31. The topological polar surface area (TPSA) is 75.0 Å². The van der Waals surface area contributed by atoms with Gasteiger partial charge < -0.3 is 0 Å². The maximum atomic E-state index is 11.2. The van der Waals surface area contributed by atoms with E-state index in [-0.39, 0.29) is 16.0 Å². The molecule has 1 aromatic carbocycles. The first kappa shape index (κ1) is 12.7. The number of rotatable bonds is 3. The molecule has 0 saturated heterocycles. The van der Waals surface area contributed by atoms with Crippen LogP contribution in [0.25, 0.3) is 0 Å². The Balaban J connectivity index is 3.71. The number of aldehydes is 1. The van der Waals surface area contributed by atoms with Gasteiger partial charge in [0.1, 0.15) is 11.0 Å². The molecule has 0 unspecified atom stereocenters. The lowest BCUT2D eigenvalue weighted by atomic mass is 10.0. The first-order valence-electron chi connectivity index (χ1n) is 4.41. The van der Waals surface area contributed by atoms with Crippen LogP contribution in [0.15, 0.2) is 17.0 Å². The summed E-state index contributed by atoms with van der Waals surface area (Å²) in [5, 5.41) is 8.83. The summed E-state index contributed by atoms with van der Waals surface area (Å²) in [6.07, 6.45) is 0.995. The number of halogens is 1. The van der Waals surface area contributed by atoms with Crippen LogP contribution in [0.1, 0.15) is 28.4 Å². The van der Waals surface area contributed by atoms with Crippen molar-refractivity contribution < 1.29 is 13.2 Å². The van der Waals surface area contributed by atoms with E-state index in [1.807, 2.05) is 0 Å². The average Bonchev–Trinajstić information content (AvgIpc) is 2.25. The van der Waals surface area contributed by atoms with Crippen LogP contribution in [0.4, 0.5) is 0 Å². The van der Waals surface area contributed by atoms with Crippen molar-refractivity contribution in [1.29, 1.82) is 5.26 Å². The van der Waals surface area contributed by atoms with Gasteiger partial charge in [0.2, 0.25) is 0 Å². The van der Waals surface area contributed by atoms with Crippen molar-refractivity contribution in [2.24, 2.45) is 0 Å². The van der Waals surface area contributed by atoms with Gasteiger partial charge in [0.15, 0.2) is 6.29 Å². The van der Waals surface area contributed by atoms with Gasteiger partial charge in [0.05, 0.1) is 5.56 Å². The van der Waals surface area contributed by atoms with Crippen molar-refractivity contribution in [3.63, 3.8) is 0 Å². The summed E-state index contributed by atoms with van der Waals surface area (Å²) < 4.78 is 22.5. The molecule has 4 nitrogen and oxygen atoms in total. The van der Waals surface area contributed by atoms with Crippen molar-refractivity contribution in [3.8, 4) is 6.07 Å². The molecule has 0 aromatic heterocycles. The van der Waals surface area contributed by atoms with E-state index in [9.17, 15) is 13.2 Å². The van der Waals surface area contributed by atoms with Gasteiger partial charge in [-0.25, -0.2) is 8.42 Å². The van der Waals surface area contributed by atoms with Gasteiger partial charge in [-0.2, -0.15) is 5.26 Å². The lowest BCUT2D eigenvalue weighted by molar-refractivity contribution is 0.112. The van der Waals surface area contributed by atoms with Crippen LogP contribution >= 0.6 is 10.7 Å². The molecule has 0 amide bonds. The van der Waals surface area contributed by atoms with E-state index in [1.165, 1.54) is 12.1 Å². The number of hydrogen-bond donors (Lipinski definition) is 0. The third-order valence-electron chi connectivity index (χ3n) is 2.10. The molecule has 0 aliphatic carbocycles. The molecule has 0 saturated carbocycles. The van der Waals surface area contributed by atoms with Crippen LogP contribution in [0.2, 0.25) is 0 Å². The van der Waals surface area contributed by atoms with Crippen LogP contribution in [0.5, 0.6) is 0 Å². The molecule has 0 fully saturated rings. The molecule has 0 radical (unpaired) electrons. The van der Waals surface area contributed by atoms with Gasteiger partial charge in [-0.3, -0.25) is 4.79 Å². The lowest BCUT2D eigenvalue weighted by Crippen LogP contribution is -2.01. The minimum Gasteiger partial charge on any atom is -0.298 e. The smallest absolute Gasteiger partial charge is 0.262 e. The molecule has 0 atom stereocenters. The summed E-state index contributed by atoms with van der Waals surface area (Å²) in [7, 11) is 1.19. The largest absolute Gasteiger partial charge is 0.298 e. The highest BCUT2D eigenvalue weighted by molar-refractivity contribution is 8.13. The molecule has 6 heteroatoms. The van der Waals surface area contributed by atoms with E-state index in [0.29, 0.717) is 18.3 Å². The average molecular weight is 258 g/mol. The summed E-state index contributed by atoms with van der Waals surface area (Å²) in [6.45, 7) is 1.81. The second kappa shape index (κ2) is 4.64. The zero-order valence-corrected chi connectivity index (χ0v) is 9.97. The fourth-order valence-corrected chi connectivity index (χ4v) is 2.37. The highest BCUT2D eigenvalue weighted by Crippen LogP contribution is 2.24. The molecule has 0 heterocycles. The van der Waals surface area contributed by atoms with Crippen molar-refractivity contribution >= 4 is 26.0 Å². The van der Waals surface area contributed by atoms with Crippen LogP contribution in [0.3, 0.4) is 0 Å². The van der Waals surface area contributed by atoms with Crippen molar-refractivity contribution in [2.45, 2.75) is 18.2 Å². The predicted octanol–water partition coefficient (Wildman–Crippen LogP) is 1.86. The molecule has 0 N–H and O–H groups in total.